The number of halogens is 3. The number of alkyl halides is 1. The molecule has 0 aliphatic rings. The first-order chi connectivity index (χ1) is 10.2. The minimum absolute atomic E-state index is 0.0680. The summed E-state index contributed by atoms with van der Waals surface area (Å²) in [7, 11) is 1.46. The second-order valence-corrected chi connectivity index (χ2v) is 4.42. The highest BCUT2D eigenvalue weighted by molar-refractivity contribution is 6.17. The lowest BCUT2D eigenvalue weighted by Crippen LogP contribution is -2.02. The normalized spacial score (nSPS) is 11.0. The van der Waals surface area contributed by atoms with E-state index in [2.05, 4.69) is 15.0 Å². The Morgan fingerprint density at radius 1 is 1.24 bits per heavy atom. The van der Waals surface area contributed by atoms with Crippen LogP contribution in [0.5, 0.6) is 5.88 Å². The molecule has 0 N–H and O–H groups in total. The van der Waals surface area contributed by atoms with Gasteiger partial charge in [0, 0.05) is 6.07 Å². The van der Waals surface area contributed by atoms with Gasteiger partial charge in [0.1, 0.15) is 12.2 Å². The highest BCUT2D eigenvalue weighted by atomic mass is 35.5. The fraction of sp³-hybridized carbons (Fsp3) is 0.154. The zero-order chi connectivity index (χ0) is 15.0. The van der Waals surface area contributed by atoms with Crippen molar-refractivity contribution in [3.8, 4) is 11.6 Å². The summed E-state index contributed by atoms with van der Waals surface area (Å²) >= 11 is 5.88. The number of ether oxygens (including phenoxy) is 1. The molecule has 0 amide bonds. The molecule has 0 bridgehead atoms. The predicted molar refractivity (Wildman–Crippen MR) is 72.7 cm³/mol. The molecular weight excluding hydrogens is 302 g/mol. The van der Waals surface area contributed by atoms with Crippen molar-refractivity contribution < 1.29 is 13.5 Å². The van der Waals surface area contributed by atoms with Gasteiger partial charge in [-0.2, -0.15) is 4.98 Å². The smallest absolute Gasteiger partial charge is 0.245 e. The summed E-state index contributed by atoms with van der Waals surface area (Å²) in [6.07, 6.45) is 1.30. The first-order valence-corrected chi connectivity index (χ1v) is 6.47. The third kappa shape index (κ3) is 2.19. The van der Waals surface area contributed by atoms with Crippen LogP contribution in [0.2, 0.25) is 0 Å². The lowest BCUT2D eigenvalue weighted by atomic mass is 10.3. The van der Waals surface area contributed by atoms with Gasteiger partial charge in [0.2, 0.25) is 5.88 Å². The van der Waals surface area contributed by atoms with Gasteiger partial charge in [0.05, 0.1) is 18.7 Å². The molecule has 0 saturated heterocycles. The van der Waals surface area contributed by atoms with E-state index in [1.807, 2.05) is 0 Å². The zero-order valence-electron chi connectivity index (χ0n) is 10.8. The number of rotatable bonds is 3. The van der Waals surface area contributed by atoms with Gasteiger partial charge in [-0.25, -0.2) is 18.7 Å². The van der Waals surface area contributed by atoms with Crippen molar-refractivity contribution >= 4 is 22.8 Å². The standard InChI is InChI=1S/C13H9ClF2N4O/c1-21-13-11-12(17-6-18-13)20(10(5-14)19-11)7-2-3-8(15)9(16)4-7/h2-4,6H,5H2,1H3. The summed E-state index contributed by atoms with van der Waals surface area (Å²) in [6, 6.07) is 3.51. The van der Waals surface area contributed by atoms with Crippen LogP contribution < -0.4 is 4.74 Å². The number of imidazole rings is 1. The lowest BCUT2D eigenvalue weighted by molar-refractivity contribution is 0.401. The Labute approximate surface area is 123 Å². The Kier molecular flexibility index (Phi) is 3.42. The quantitative estimate of drug-likeness (QED) is 0.698. The van der Waals surface area contributed by atoms with Crippen LogP contribution in [0.25, 0.3) is 16.9 Å². The molecule has 0 atom stereocenters. The SMILES string of the molecule is COc1ncnc2c1nc(CCl)n2-c1ccc(F)c(F)c1. The fourth-order valence-electron chi connectivity index (χ4n) is 2.05. The Morgan fingerprint density at radius 2 is 2.05 bits per heavy atom. The van der Waals surface area contributed by atoms with Gasteiger partial charge in [0.15, 0.2) is 22.8 Å². The number of nitrogens with zero attached hydrogens (tertiary/aromatic N) is 4. The van der Waals surface area contributed by atoms with E-state index in [1.165, 1.54) is 24.1 Å². The monoisotopic (exact) mass is 310 g/mol. The molecule has 0 aliphatic heterocycles. The van der Waals surface area contributed by atoms with E-state index in [0.717, 1.165) is 12.1 Å². The van der Waals surface area contributed by atoms with Gasteiger partial charge in [-0.3, -0.25) is 4.57 Å². The molecule has 8 heteroatoms. The molecule has 1 aromatic carbocycles. The van der Waals surface area contributed by atoms with Crippen LogP contribution in [0.3, 0.4) is 0 Å². The van der Waals surface area contributed by atoms with Crippen molar-refractivity contribution in [2.45, 2.75) is 5.88 Å². The molecular formula is C13H9ClF2N4O. The van der Waals surface area contributed by atoms with E-state index >= 15 is 0 Å². The molecule has 3 aromatic rings. The van der Waals surface area contributed by atoms with Crippen molar-refractivity contribution in [1.82, 2.24) is 19.5 Å². The van der Waals surface area contributed by atoms with Crippen molar-refractivity contribution in [3.63, 3.8) is 0 Å². The fourth-order valence-corrected chi connectivity index (χ4v) is 2.23. The molecule has 0 radical (unpaired) electrons. The second-order valence-electron chi connectivity index (χ2n) is 4.15. The van der Waals surface area contributed by atoms with E-state index < -0.39 is 11.6 Å². The number of aromatic nitrogens is 4. The molecule has 2 heterocycles. The molecule has 0 aliphatic carbocycles. The van der Waals surface area contributed by atoms with Gasteiger partial charge in [-0.15, -0.1) is 11.6 Å². The van der Waals surface area contributed by atoms with Crippen molar-refractivity contribution in [1.29, 1.82) is 0 Å². The Balaban J connectivity index is 2.32. The maximum absolute atomic E-state index is 13.5. The summed E-state index contributed by atoms with van der Waals surface area (Å²) < 4.78 is 33.2. The van der Waals surface area contributed by atoms with E-state index in [-0.39, 0.29) is 11.8 Å². The number of hydrogen-bond acceptors (Lipinski definition) is 4. The highest BCUT2D eigenvalue weighted by Gasteiger charge is 2.18. The molecule has 0 saturated carbocycles. The van der Waals surface area contributed by atoms with Gasteiger partial charge in [-0.05, 0) is 12.1 Å². The van der Waals surface area contributed by atoms with Crippen molar-refractivity contribution in [3.05, 3.63) is 42.0 Å². The van der Waals surface area contributed by atoms with Crippen LogP contribution in [-0.4, -0.2) is 26.6 Å². The van der Waals surface area contributed by atoms with E-state index in [1.54, 1.807) is 0 Å². The molecule has 5 nitrogen and oxygen atoms in total. The van der Waals surface area contributed by atoms with Crippen LogP contribution in [0, 0.1) is 11.6 Å². The summed E-state index contributed by atoms with van der Waals surface area (Å²) in [5.74, 6) is -1.11. The molecule has 0 spiro atoms. The minimum Gasteiger partial charge on any atom is -0.479 e. The summed E-state index contributed by atoms with van der Waals surface area (Å²) in [6.45, 7) is 0. The van der Waals surface area contributed by atoms with Crippen LogP contribution in [0.1, 0.15) is 5.82 Å². The Bertz CT molecular complexity index is 821. The number of methoxy groups -OCH3 is 1. The van der Waals surface area contributed by atoms with Crippen LogP contribution in [0.4, 0.5) is 8.78 Å². The van der Waals surface area contributed by atoms with Crippen LogP contribution in [-0.2, 0) is 5.88 Å². The minimum atomic E-state index is -0.962. The summed E-state index contributed by atoms with van der Waals surface area (Å²) in [5, 5.41) is 0. The molecule has 0 fully saturated rings. The van der Waals surface area contributed by atoms with E-state index in [9.17, 15) is 8.78 Å². The first-order valence-electron chi connectivity index (χ1n) is 5.93. The Morgan fingerprint density at radius 3 is 2.71 bits per heavy atom. The van der Waals surface area contributed by atoms with E-state index in [4.69, 9.17) is 16.3 Å². The van der Waals surface area contributed by atoms with Crippen molar-refractivity contribution in [2.24, 2.45) is 0 Å². The van der Waals surface area contributed by atoms with E-state index in [0.29, 0.717) is 22.7 Å². The molecule has 0 unspecified atom stereocenters. The number of hydrogen-bond donors (Lipinski definition) is 0. The molecule has 108 valence electrons. The van der Waals surface area contributed by atoms with Crippen LogP contribution in [0.15, 0.2) is 24.5 Å². The lowest BCUT2D eigenvalue weighted by Gasteiger charge is -2.07. The largest absolute Gasteiger partial charge is 0.479 e. The second kappa shape index (κ2) is 5.25. The molecule has 3 rings (SSSR count). The predicted octanol–water partition coefficient (Wildman–Crippen LogP) is 2.84. The van der Waals surface area contributed by atoms with Gasteiger partial charge >= 0.3 is 0 Å². The zero-order valence-corrected chi connectivity index (χ0v) is 11.6. The molecule has 2 aromatic heterocycles. The van der Waals surface area contributed by atoms with Gasteiger partial charge < -0.3 is 4.74 Å². The van der Waals surface area contributed by atoms with Gasteiger partial charge in [0.25, 0.3) is 0 Å². The van der Waals surface area contributed by atoms with Gasteiger partial charge in [-0.1, -0.05) is 0 Å². The average molecular weight is 311 g/mol. The highest BCUT2D eigenvalue weighted by Crippen LogP contribution is 2.26. The third-order valence-corrected chi connectivity index (χ3v) is 3.19. The number of fused-ring (bicyclic) bond motifs is 1. The Hall–Kier alpha value is -2.28. The average Bonchev–Trinajstić information content (AvgIpc) is 2.88. The topological polar surface area (TPSA) is 52.8 Å². The maximum atomic E-state index is 13.5. The summed E-state index contributed by atoms with van der Waals surface area (Å²) in [4.78, 5) is 12.4. The summed E-state index contributed by atoms with van der Waals surface area (Å²) in [5.41, 5.74) is 1.18. The van der Waals surface area contributed by atoms with Crippen molar-refractivity contribution in [2.75, 3.05) is 7.11 Å². The maximum Gasteiger partial charge on any atom is 0.245 e. The third-order valence-electron chi connectivity index (χ3n) is 2.95. The first kappa shape index (κ1) is 13.7. The van der Waals surface area contributed by atoms with Crippen LogP contribution >= 0.6 is 11.6 Å². The molecule has 21 heavy (non-hydrogen) atoms. The number of benzene rings is 1.